The zero-order chi connectivity index (χ0) is 14.9. The summed E-state index contributed by atoms with van der Waals surface area (Å²) in [4.78, 5) is 25.9. The summed E-state index contributed by atoms with van der Waals surface area (Å²) in [5.41, 5.74) is 3.12. The van der Waals surface area contributed by atoms with Crippen LogP contribution < -0.4 is 10.6 Å². The Morgan fingerprint density at radius 3 is 3.18 bits per heavy atom. The van der Waals surface area contributed by atoms with E-state index >= 15 is 0 Å². The Hall–Kier alpha value is -1.73. The van der Waals surface area contributed by atoms with Gasteiger partial charge in [0.2, 0.25) is 5.91 Å². The molecule has 0 saturated heterocycles. The molecule has 6 nitrogen and oxygen atoms in total. The predicted molar refractivity (Wildman–Crippen MR) is 83.6 cm³/mol. The Bertz CT molecular complexity index is 668. The second-order valence-electron chi connectivity index (χ2n) is 5.81. The zero-order valence-electron chi connectivity index (χ0n) is 12.3. The number of imidazole rings is 1. The highest BCUT2D eigenvalue weighted by Crippen LogP contribution is 2.26. The van der Waals surface area contributed by atoms with Crippen molar-refractivity contribution in [2.75, 3.05) is 6.54 Å². The van der Waals surface area contributed by atoms with Gasteiger partial charge in [-0.25, -0.2) is 9.97 Å². The van der Waals surface area contributed by atoms with E-state index in [0.717, 1.165) is 42.2 Å². The monoisotopic (exact) mass is 317 g/mol. The number of aryl methyl sites for hydroxylation is 2. The highest BCUT2D eigenvalue weighted by molar-refractivity contribution is 7.11. The molecule has 22 heavy (non-hydrogen) atoms. The normalized spacial score (nSPS) is 20.3. The molecule has 3 heterocycles. The first-order valence-electron chi connectivity index (χ1n) is 7.82. The third-order valence-electron chi connectivity index (χ3n) is 4.31. The van der Waals surface area contributed by atoms with Gasteiger partial charge in [0.1, 0.15) is 11.0 Å². The van der Waals surface area contributed by atoms with Crippen LogP contribution >= 0.6 is 11.3 Å². The lowest BCUT2D eigenvalue weighted by atomic mass is 10.0. The van der Waals surface area contributed by atoms with Gasteiger partial charge in [-0.1, -0.05) is 0 Å². The molecule has 0 aromatic carbocycles. The molecule has 0 fully saturated rings. The molecule has 0 bridgehead atoms. The van der Waals surface area contributed by atoms with Gasteiger partial charge >= 0.3 is 0 Å². The fraction of sp³-hybridized carbons (Fsp3) is 0.533. The van der Waals surface area contributed by atoms with Crippen LogP contribution in [0.25, 0.3) is 0 Å². The lowest BCUT2D eigenvalue weighted by Crippen LogP contribution is -2.41. The summed E-state index contributed by atoms with van der Waals surface area (Å²) in [6.07, 6.45) is 7.26. The number of aromatic amines is 1. The molecule has 4 rings (SSSR count). The number of amides is 1. The van der Waals surface area contributed by atoms with E-state index in [0.29, 0.717) is 6.54 Å². The number of hydrogen-bond donors (Lipinski definition) is 3. The third kappa shape index (κ3) is 2.55. The first-order valence-corrected chi connectivity index (χ1v) is 8.63. The number of hydrogen-bond acceptors (Lipinski definition) is 5. The van der Waals surface area contributed by atoms with Crippen LogP contribution in [-0.4, -0.2) is 27.4 Å². The van der Waals surface area contributed by atoms with Crippen LogP contribution in [-0.2, 0) is 30.6 Å². The number of carbonyl (C=O) groups excluding carboxylic acids is 1. The van der Waals surface area contributed by atoms with Crippen LogP contribution in [0.15, 0.2) is 6.33 Å². The van der Waals surface area contributed by atoms with Gasteiger partial charge in [-0.3, -0.25) is 4.79 Å². The Morgan fingerprint density at radius 2 is 2.27 bits per heavy atom. The van der Waals surface area contributed by atoms with E-state index < -0.39 is 0 Å². The topological polar surface area (TPSA) is 82.7 Å². The molecule has 0 spiro atoms. The van der Waals surface area contributed by atoms with E-state index in [2.05, 4.69) is 25.6 Å². The standard InChI is InChI=1S/C15H19N5OS/c21-15(14-13-10(5-6-16-14)18-8-19-13)17-7-12-20-9-3-1-2-4-11(9)22-12/h8,14,16H,1-7H2,(H,17,21)(H,18,19). The Morgan fingerprint density at radius 1 is 1.36 bits per heavy atom. The van der Waals surface area contributed by atoms with Crippen LogP contribution in [0.5, 0.6) is 0 Å². The molecule has 1 aliphatic carbocycles. The molecule has 1 atom stereocenters. The van der Waals surface area contributed by atoms with Crippen molar-refractivity contribution in [3.05, 3.63) is 33.3 Å². The van der Waals surface area contributed by atoms with Crippen molar-refractivity contribution < 1.29 is 4.79 Å². The third-order valence-corrected chi connectivity index (χ3v) is 5.47. The second-order valence-corrected chi connectivity index (χ2v) is 6.97. The summed E-state index contributed by atoms with van der Waals surface area (Å²) in [5, 5.41) is 7.25. The average molecular weight is 317 g/mol. The van der Waals surface area contributed by atoms with Gasteiger partial charge in [-0.2, -0.15) is 0 Å². The molecule has 1 aliphatic heterocycles. The minimum Gasteiger partial charge on any atom is -0.348 e. The number of rotatable bonds is 3. The van der Waals surface area contributed by atoms with Gasteiger partial charge in [-0.05, 0) is 25.7 Å². The first kappa shape index (κ1) is 13.9. The summed E-state index contributed by atoms with van der Waals surface area (Å²) in [6, 6.07) is -0.357. The summed E-state index contributed by atoms with van der Waals surface area (Å²) >= 11 is 1.74. The van der Waals surface area contributed by atoms with Crippen molar-refractivity contribution in [1.29, 1.82) is 0 Å². The number of aromatic nitrogens is 3. The number of thiazole rings is 1. The van der Waals surface area contributed by atoms with Crippen LogP contribution in [0.4, 0.5) is 0 Å². The van der Waals surface area contributed by atoms with Gasteiger partial charge in [0.15, 0.2) is 0 Å². The molecule has 2 aromatic rings. The molecule has 1 amide bonds. The van der Waals surface area contributed by atoms with Crippen molar-refractivity contribution >= 4 is 17.2 Å². The molecule has 1 unspecified atom stereocenters. The molecule has 116 valence electrons. The Kier molecular flexibility index (Phi) is 3.67. The molecule has 7 heteroatoms. The van der Waals surface area contributed by atoms with Crippen molar-refractivity contribution in [1.82, 2.24) is 25.6 Å². The summed E-state index contributed by atoms with van der Waals surface area (Å²) < 4.78 is 0. The minimum absolute atomic E-state index is 0.0266. The van der Waals surface area contributed by atoms with Crippen LogP contribution in [0.2, 0.25) is 0 Å². The summed E-state index contributed by atoms with van der Waals surface area (Å²) in [7, 11) is 0. The van der Waals surface area contributed by atoms with Crippen molar-refractivity contribution in [3.8, 4) is 0 Å². The summed E-state index contributed by atoms with van der Waals surface area (Å²) in [5.74, 6) is -0.0266. The van der Waals surface area contributed by atoms with E-state index in [4.69, 9.17) is 0 Å². The van der Waals surface area contributed by atoms with Crippen LogP contribution in [0.3, 0.4) is 0 Å². The number of carbonyl (C=O) groups is 1. The fourth-order valence-electron chi connectivity index (χ4n) is 3.18. The van der Waals surface area contributed by atoms with Gasteiger partial charge in [-0.15, -0.1) is 11.3 Å². The predicted octanol–water partition coefficient (Wildman–Crippen LogP) is 1.25. The lowest BCUT2D eigenvalue weighted by Gasteiger charge is -2.21. The van der Waals surface area contributed by atoms with Gasteiger partial charge < -0.3 is 15.6 Å². The van der Waals surface area contributed by atoms with Crippen molar-refractivity contribution in [2.45, 2.75) is 44.7 Å². The fourth-order valence-corrected chi connectivity index (χ4v) is 4.28. The number of fused-ring (bicyclic) bond motifs is 2. The SMILES string of the molecule is O=C(NCc1nc2c(s1)CCCC2)C1NCCc2[nH]cnc21. The summed E-state index contributed by atoms with van der Waals surface area (Å²) in [6.45, 7) is 1.30. The largest absolute Gasteiger partial charge is 0.348 e. The second kappa shape index (κ2) is 5.81. The molecule has 2 aromatic heterocycles. The van der Waals surface area contributed by atoms with Gasteiger partial charge in [0.25, 0.3) is 0 Å². The van der Waals surface area contributed by atoms with Crippen molar-refractivity contribution in [3.63, 3.8) is 0 Å². The zero-order valence-corrected chi connectivity index (χ0v) is 13.1. The van der Waals surface area contributed by atoms with E-state index in [1.54, 1.807) is 17.7 Å². The molecule has 3 N–H and O–H groups in total. The van der Waals surface area contributed by atoms with Gasteiger partial charge in [0, 0.05) is 23.5 Å². The molecule has 0 saturated carbocycles. The average Bonchev–Trinajstić information content (AvgIpc) is 3.18. The van der Waals surface area contributed by atoms with Crippen LogP contribution in [0, 0.1) is 0 Å². The number of nitrogens with one attached hydrogen (secondary N) is 3. The molecular formula is C15H19N5OS. The maximum Gasteiger partial charge on any atom is 0.243 e. The van der Waals surface area contributed by atoms with Crippen molar-refractivity contribution in [2.24, 2.45) is 0 Å². The smallest absolute Gasteiger partial charge is 0.243 e. The van der Waals surface area contributed by atoms with E-state index in [-0.39, 0.29) is 11.9 Å². The highest BCUT2D eigenvalue weighted by Gasteiger charge is 2.28. The molecule has 0 radical (unpaired) electrons. The highest BCUT2D eigenvalue weighted by atomic mass is 32.1. The lowest BCUT2D eigenvalue weighted by molar-refractivity contribution is -0.123. The molecular weight excluding hydrogens is 298 g/mol. The van der Waals surface area contributed by atoms with E-state index in [9.17, 15) is 4.79 Å². The van der Waals surface area contributed by atoms with E-state index in [1.165, 1.54) is 23.4 Å². The maximum atomic E-state index is 12.4. The van der Waals surface area contributed by atoms with E-state index in [1.807, 2.05) is 0 Å². The minimum atomic E-state index is -0.357. The Labute approximate surface area is 132 Å². The number of nitrogens with zero attached hydrogens (tertiary/aromatic N) is 2. The molecule has 2 aliphatic rings. The van der Waals surface area contributed by atoms with Crippen LogP contribution in [0.1, 0.15) is 45.9 Å². The van der Waals surface area contributed by atoms with Gasteiger partial charge in [0.05, 0.1) is 24.3 Å². The quantitative estimate of drug-likeness (QED) is 0.795. The Balaban J connectivity index is 1.42. The first-order chi connectivity index (χ1) is 10.8. The number of H-pyrrole nitrogens is 1. The maximum absolute atomic E-state index is 12.4.